The van der Waals surface area contributed by atoms with E-state index in [1.165, 1.54) is 28.8 Å². The maximum Gasteiger partial charge on any atom is 0.333 e. The number of hydrogen-bond donors (Lipinski definition) is 3. The van der Waals surface area contributed by atoms with Gasteiger partial charge in [0.2, 0.25) is 5.91 Å². The molecule has 0 aliphatic carbocycles. The van der Waals surface area contributed by atoms with E-state index >= 15 is 0 Å². The van der Waals surface area contributed by atoms with E-state index in [4.69, 9.17) is 0 Å². The summed E-state index contributed by atoms with van der Waals surface area (Å²) in [6.07, 6.45) is 0. The molecule has 0 saturated carbocycles. The van der Waals surface area contributed by atoms with Crippen LogP contribution in [-0.4, -0.2) is 29.9 Å². The first-order chi connectivity index (χ1) is 16.7. The van der Waals surface area contributed by atoms with Gasteiger partial charge in [0.05, 0.1) is 15.9 Å². The predicted molar refractivity (Wildman–Crippen MR) is 132 cm³/mol. The third-order valence-corrected chi connectivity index (χ3v) is 6.37. The van der Waals surface area contributed by atoms with Crippen LogP contribution < -0.4 is 20.9 Å². The summed E-state index contributed by atoms with van der Waals surface area (Å²) >= 11 is 0. The standard InChI is InChI=1S/C24H21N5O5S/c1-16-23(31)29(21-10-6-5-9-20(21)25-16)15-22(30)26-18-11-13-19(14-12-18)35(33,34)28-24(32)27-17-7-3-2-4-8-17/h2-14H,15H2,1H3,(H,26,30)(H2,27,28,32). The molecule has 0 spiro atoms. The number of hydrogen-bond acceptors (Lipinski definition) is 6. The number of amides is 3. The number of nitrogens with one attached hydrogen (secondary N) is 3. The van der Waals surface area contributed by atoms with Crippen molar-refractivity contribution in [1.82, 2.24) is 14.3 Å². The highest BCUT2D eigenvalue weighted by Crippen LogP contribution is 2.15. The molecule has 0 unspecified atom stereocenters. The van der Waals surface area contributed by atoms with Crippen LogP contribution in [0.2, 0.25) is 0 Å². The Labute approximate surface area is 200 Å². The summed E-state index contributed by atoms with van der Waals surface area (Å²) in [6.45, 7) is 1.33. The number of aryl methyl sites for hydroxylation is 1. The molecule has 10 nitrogen and oxygen atoms in total. The Morgan fingerprint density at radius 2 is 1.49 bits per heavy atom. The Kier molecular flexibility index (Phi) is 6.60. The Hall–Kier alpha value is -4.51. The molecule has 0 bridgehead atoms. The summed E-state index contributed by atoms with van der Waals surface area (Å²) < 4.78 is 28.3. The van der Waals surface area contributed by atoms with Crippen molar-refractivity contribution in [3.63, 3.8) is 0 Å². The van der Waals surface area contributed by atoms with Crippen molar-refractivity contribution in [3.8, 4) is 0 Å². The summed E-state index contributed by atoms with van der Waals surface area (Å²) in [6, 6.07) is 19.8. The molecule has 3 aromatic carbocycles. The fourth-order valence-corrected chi connectivity index (χ4v) is 4.31. The van der Waals surface area contributed by atoms with E-state index < -0.39 is 22.0 Å². The zero-order valence-electron chi connectivity index (χ0n) is 18.6. The van der Waals surface area contributed by atoms with E-state index in [1.54, 1.807) is 61.5 Å². The average Bonchev–Trinajstić information content (AvgIpc) is 2.82. The molecule has 0 atom stereocenters. The molecule has 3 N–H and O–H groups in total. The van der Waals surface area contributed by atoms with E-state index in [1.807, 2.05) is 4.72 Å². The van der Waals surface area contributed by atoms with Gasteiger partial charge in [-0.2, -0.15) is 0 Å². The molecule has 3 amide bonds. The quantitative estimate of drug-likeness (QED) is 0.379. The molecular weight excluding hydrogens is 470 g/mol. The minimum atomic E-state index is -4.14. The molecule has 1 aromatic heterocycles. The Morgan fingerprint density at radius 1 is 0.857 bits per heavy atom. The summed E-state index contributed by atoms with van der Waals surface area (Å²) in [7, 11) is -4.14. The molecule has 0 radical (unpaired) electrons. The molecule has 178 valence electrons. The van der Waals surface area contributed by atoms with Gasteiger partial charge in [0.1, 0.15) is 12.2 Å². The van der Waals surface area contributed by atoms with Gasteiger partial charge in [-0.25, -0.2) is 22.9 Å². The summed E-state index contributed by atoms with van der Waals surface area (Å²) in [5.74, 6) is -0.473. The average molecular weight is 492 g/mol. The second-order valence-electron chi connectivity index (χ2n) is 7.58. The van der Waals surface area contributed by atoms with E-state index in [2.05, 4.69) is 15.6 Å². The predicted octanol–water partition coefficient (Wildman–Crippen LogP) is 2.85. The number of fused-ring (bicyclic) bond motifs is 1. The van der Waals surface area contributed by atoms with Gasteiger partial charge in [0.25, 0.3) is 15.6 Å². The van der Waals surface area contributed by atoms with Crippen LogP contribution in [-0.2, 0) is 21.4 Å². The minimum absolute atomic E-state index is 0.161. The first-order valence-corrected chi connectivity index (χ1v) is 12.0. The van der Waals surface area contributed by atoms with Crippen molar-refractivity contribution in [2.24, 2.45) is 0 Å². The molecule has 0 aliphatic rings. The number of nitrogens with zero attached hydrogens (tertiary/aromatic N) is 2. The fraction of sp³-hybridized carbons (Fsp3) is 0.0833. The van der Waals surface area contributed by atoms with Crippen LogP contribution in [0.3, 0.4) is 0 Å². The normalized spacial score (nSPS) is 11.1. The molecule has 35 heavy (non-hydrogen) atoms. The third-order valence-electron chi connectivity index (χ3n) is 5.02. The van der Waals surface area contributed by atoms with Crippen LogP contribution >= 0.6 is 0 Å². The van der Waals surface area contributed by atoms with E-state index in [0.29, 0.717) is 22.4 Å². The first-order valence-electron chi connectivity index (χ1n) is 10.5. The Bertz CT molecular complexity index is 1570. The number of sulfonamides is 1. The van der Waals surface area contributed by atoms with Crippen molar-refractivity contribution in [1.29, 1.82) is 0 Å². The highest BCUT2D eigenvalue weighted by Gasteiger charge is 2.18. The van der Waals surface area contributed by atoms with Gasteiger partial charge >= 0.3 is 6.03 Å². The number of aromatic nitrogens is 2. The molecule has 1 heterocycles. The van der Waals surface area contributed by atoms with Gasteiger partial charge in [0.15, 0.2) is 0 Å². The van der Waals surface area contributed by atoms with Gasteiger partial charge in [-0.1, -0.05) is 30.3 Å². The Balaban J connectivity index is 1.43. The van der Waals surface area contributed by atoms with Crippen LogP contribution in [0.5, 0.6) is 0 Å². The number of anilines is 2. The van der Waals surface area contributed by atoms with Crippen molar-refractivity contribution < 1.29 is 18.0 Å². The molecule has 4 aromatic rings. The number of carbonyl (C=O) groups is 2. The smallest absolute Gasteiger partial charge is 0.325 e. The first kappa shape index (κ1) is 23.6. The number of para-hydroxylation sites is 3. The third kappa shape index (κ3) is 5.53. The molecule has 11 heteroatoms. The van der Waals surface area contributed by atoms with Crippen LogP contribution in [0.25, 0.3) is 11.0 Å². The lowest BCUT2D eigenvalue weighted by Gasteiger charge is -2.12. The van der Waals surface area contributed by atoms with Crippen molar-refractivity contribution in [2.45, 2.75) is 18.4 Å². The van der Waals surface area contributed by atoms with E-state index in [0.717, 1.165) is 0 Å². The van der Waals surface area contributed by atoms with Crippen LogP contribution in [0, 0.1) is 6.92 Å². The van der Waals surface area contributed by atoms with Gasteiger partial charge in [-0.3, -0.25) is 14.2 Å². The molecule has 4 rings (SSSR count). The largest absolute Gasteiger partial charge is 0.333 e. The van der Waals surface area contributed by atoms with Crippen molar-refractivity contribution >= 4 is 44.4 Å². The van der Waals surface area contributed by atoms with Gasteiger partial charge in [0, 0.05) is 11.4 Å². The second-order valence-corrected chi connectivity index (χ2v) is 9.26. The van der Waals surface area contributed by atoms with E-state index in [9.17, 15) is 22.8 Å². The molecule has 0 saturated heterocycles. The summed E-state index contributed by atoms with van der Waals surface area (Å²) in [4.78, 5) is 41.3. The minimum Gasteiger partial charge on any atom is -0.325 e. The van der Waals surface area contributed by atoms with Crippen molar-refractivity contribution in [2.75, 3.05) is 10.6 Å². The number of rotatable bonds is 6. The number of benzene rings is 3. The van der Waals surface area contributed by atoms with Gasteiger partial charge in [-0.15, -0.1) is 0 Å². The molecule has 0 fully saturated rings. The zero-order valence-corrected chi connectivity index (χ0v) is 19.4. The van der Waals surface area contributed by atoms with E-state index in [-0.39, 0.29) is 22.7 Å². The lowest BCUT2D eigenvalue weighted by atomic mass is 10.2. The number of urea groups is 1. The monoisotopic (exact) mass is 491 g/mol. The fourth-order valence-electron chi connectivity index (χ4n) is 3.40. The van der Waals surface area contributed by atoms with Gasteiger partial charge in [-0.05, 0) is 55.5 Å². The highest BCUT2D eigenvalue weighted by atomic mass is 32.2. The Morgan fingerprint density at radius 3 is 2.20 bits per heavy atom. The maximum atomic E-state index is 12.6. The second kappa shape index (κ2) is 9.77. The van der Waals surface area contributed by atoms with Crippen LogP contribution in [0.1, 0.15) is 5.69 Å². The number of carbonyl (C=O) groups excluding carboxylic acids is 2. The molecular formula is C24H21N5O5S. The lowest BCUT2D eigenvalue weighted by molar-refractivity contribution is -0.116. The van der Waals surface area contributed by atoms with Crippen LogP contribution in [0.15, 0.2) is 88.6 Å². The highest BCUT2D eigenvalue weighted by molar-refractivity contribution is 7.90. The molecule has 0 aliphatic heterocycles. The summed E-state index contributed by atoms with van der Waals surface area (Å²) in [5.41, 5.74) is 1.78. The maximum absolute atomic E-state index is 12.6. The van der Waals surface area contributed by atoms with Crippen LogP contribution in [0.4, 0.5) is 16.2 Å². The lowest BCUT2D eigenvalue weighted by Crippen LogP contribution is -2.34. The topological polar surface area (TPSA) is 139 Å². The zero-order chi connectivity index (χ0) is 25.0. The SMILES string of the molecule is Cc1nc2ccccc2n(CC(=O)Nc2ccc(S(=O)(=O)NC(=O)Nc3ccccc3)cc2)c1=O. The van der Waals surface area contributed by atoms with Gasteiger partial charge < -0.3 is 10.6 Å². The summed E-state index contributed by atoms with van der Waals surface area (Å²) in [5, 5.41) is 5.07. The van der Waals surface area contributed by atoms with Crippen molar-refractivity contribution in [3.05, 3.63) is 94.9 Å².